The molecule has 1 aliphatic heterocycles. The Kier molecular flexibility index (Phi) is 6.13. The normalized spacial score (nSPS) is 15.2. The minimum Gasteiger partial charge on any atom is -0.493 e. The van der Waals surface area contributed by atoms with E-state index in [1.165, 1.54) is 4.90 Å². The summed E-state index contributed by atoms with van der Waals surface area (Å²) in [5.74, 6) is 1.11. The number of nitrogens with one attached hydrogen (secondary N) is 1. The lowest BCUT2D eigenvalue weighted by Crippen LogP contribution is -2.30. The van der Waals surface area contributed by atoms with Crippen molar-refractivity contribution in [3.05, 3.63) is 63.8 Å². The van der Waals surface area contributed by atoms with Crippen molar-refractivity contribution in [2.24, 2.45) is 0 Å². The Bertz CT molecular complexity index is 897. The maximum Gasteiger partial charge on any atom is 0.276 e. The van der Waals surface area contributed by atoms with Gasteiger partial charge < -0.3 is 14.8 Å². The van der Waals surface area contributed by atoms with Gasteiger partial charge in [0.1, 0.15) is 12.3 Å². The van der Waals surface area contributed by atoms with E-state index in [2.05, 4.69) is 21.2 Å². The van der Waals surface area contributed by atoms with Crippen LogP contribution in [0.4, 0.5) is 0 Å². The van der Waals surface area contributed by atoms with Crippen molar-refractivity contribution < 1.29 is 14.3 Å². The van der Waals surface area contributed by atoms with Gasteiger partial charge in [-0.15, -0.1) is 0 Å². The summed E-state index contributed by atoms with van der Waals surface area (Å²) < 4.78 is 12.3. The highest BCUT2D eigenvalue weighted by atomic mass is 79.9. The molecule has 0 bridgehead atoms. The van der Waals surface area contributed by atoms with Gasteiger partial charge >= 0.3 is 0 Å². The maximum atomic E-state index is 12.3. The fraction of sp³-hybridized carbons (Fsp3) is 0.200. The highest BCUT2D eigenvalue weighted by molar-refractivity contribution is 9.10. The van der Waals surface area contributed by atoms with E-state index in [0.29, 0.717) is 35.5 Å². The molecule has 0 atom stereocenters. The summed E-state index contributed by atoms with van der Waals surface area (Å²) in [6, 6.07) is 13.5. The molecule has 0 aromatic heterocycles. The molecule has 1 N–H and O–H groups in total. The average molecular weight is 447 g/mol. The van der Waals surface area contributed by atoms with E-state index in [1.54, 1.807) is 13.2 Å². The van der Waals surface area contributed by atoms with E-state index in [4.69, 9.17) is 21.7 Å². The SMILES string of the molecule is CCN1C(=O)/C(=C/c2ccc(OCc3ccc(Br)cc3)c(OC)c2)NC1=S. The molecule has 1 heterocycles. The Morgan fingerprint density at radius 1 is 1.19 bits per heavy atom. The lowest BCUT2D eigenvalue weighted by molar-refractivity contribution is -0.122. The first kappa shape index (κ1) is 19.4. The number of hydrogen-bond donors (Lipinski definition) is 1. The fourth-order valence-corrected chi connectivity index (χ4v) is 3.25. The number of methoxy groups -OCH3 is 1. The molecule has 1 saturated heterocycles. The second kappa shape index (κ2) is 8.54. The maximum absolute atomic E-state index is 12.3. The van der Waals surface area contributed by atoms with E-state index in [9.17, 15) is 4.79 Å². The van der Waals surface area contributed by atoms with E-state index in [1.807, 2.05) is 49.4 Å². The van der Waals surface area contributed by atoms with Crippen LogP contribution in [0, 0.1) is 0 Å². The molecule has 1 fully saturated rings. The van der Waals surface area contributed by atoms with E-state index in [0.717, 1.165) is 15.6 Å². The smallest absolute Gasteiger partial charge is 0.276 e. The molecule has 1 aliphatic rings. The lowest BCUT2D eigenvalue weighted by atomic mass is 10.1. The Hall–Kier alpha value is -2.38. The van der Waals surface area contributed by atoms with Gasteiger partial charge in [-0.05, 0) is 60.6 Å². The third kappa shape index (κ3) is 4.48. The van der Waals surface area contributed by atoms with Gasteiger partial charge in [-0.3, -0.25) is 9.69 Å². The molecule has 2 aromatic carbocycles. The summed E-state index contributed by atoms with van der Waals surface area (Å²) in [7, 11) is 1.59. The number of carbonyl (C=O) groups is 1. The van der Waals surface area contributed by atoms with Crippen molar-refractivity contribution in [3.8, 4) is 11.5 Å². The summed E-state index contributed by atoms with van der Waals surface area (Å²) in [6.45, 7) is 2.85. The van der Waals surface area contributed by atoms with Crippen molar-refractivity contribution in [1.29, 1.82) is 0 Å². The molecular formula is C20H19BrN2O3S. The lowest BCUT2D eigenvalue weighted by Gasteiger charge is -2.12. The Balaban J connectivity index is 1.76. The molecule has 0 spiro atoms. The minimum absolute atomic E-state index is 0.128. The van der Waals surface area contributed by atoms with Crippen molar-refractivity contribution in [2.75, 3.05) is 13.7 Å². The predicted molar refractivity (Wildman–Crippen MR) is 113 cm³/mol. The Labute approximate surface area is 172 Å². The second-order valence-electron chi connectivity index (χ2n) is 5.86. The molecule has 0 unspecified atom stereocenters. The van der Waals surface area contributed by atoms with E-state index < -0.39 is 0 Å². The predicted octanol–water partition coefficient (Wildman–Crippen LogP) is 4.11. The largest absolute Gasteiger partial charge is 0.493 e. The first-order valence-electron chi connectivity index (χ1n) is 8.41. The molecule has 0 radical (unpaired) electrons. The fourth-order valence-electron chi connectivity index (χ4n) is 2.66. The van der Waals surface area contributed by atoms with Crippen LogP contribution in [0.1, 0.15) is 18.1 Å². The zero-order chi connectivity index (χ0) is 19.4. The van der Waals surface area contributed by atoms with Crippen LogP contribution in [0.2, 0.25) is 0 Å². The van der Waals surface area contributed by atoms with Gasteiger partial charge in [-0.1, -0.05) is 34.1 Å². The summed E-state index contributed by atoms with van der Waals surface area (Å²) in [5.41, 5.74) is 2.33. The number of amides is 1. The van der Waals surface area contributed by atoms with Crippen LogP contribution >= 0.6 is 28.1 Å². The average Bonchev–Trinajstić information content (AvgIpc) is 2.94. The summed E-state index contributed by atoms with van der Waals surface area (Å²) in [5, 5.41) is 3.38. The van der Waals surface area contributed by atoms with Crippen LogP contribution < -0.4 is 14.8 Å². The zero-order valence-electron chi connectivity index (χ0n) is 15.0. The molecule has 7 heteroatoms. The number of halogens is 1. The van der Waals surface area contributed by atoms with Gasteiger partial charge in [0.15, 0.2) is 16.6 Å². The third-order valence-electron chi connectivity index (χ3n) is 4.08. The molecule has 1 amide bonds. The van der Waals surface area contributed by atoms with Crippen LogP contribution in [0.5, 0.6) is 11.5 Å². The van der Waals surface area contributed by atoms with Gasteiger partial charge in [-0.2, -0.15) is 0 Å². The van der Waals surface area contributed by atoms with Gasteiger partial charge in [0, 0.05) is 11.0 Å². The van der Waals surface area contributed by atoms with E-state index in [-0.39, 0.29) is 5.91 Å². The van der Waals surface area contributed by atoms with Crippen LogP contribution in [-0.2, 0) is 11.4 Å². The molecule has 5 nitrogen and oxygen atoms in total. The van der Waals surface area contributed by atoms with Crippen molar-refractivity contribution in [2.45, 2.75) is 13.5 Å². The monoisotopic (exact) mass is 446 g/mol. The third-order valence-corrected chi connectivity index (χ3v) is 4.94. The summed E-state index contributed by atoms with van der Waals surface area (Å²) >= 11 is 8.59. The molecule has 140 valence electrons. The van der Waals surface area contributed by atoms with Gasteiger partial charge in [-0.25, -0.2) is 0 Å². The number of ether oxygens (including phenoxy) is 2. The van der Waals surface area contributed by atoms with Crippen molar-refractivity contribution in [3.63, 3.8) is 0 Å². The van der Waals surface area contributed by atoms with Crippen LogP contribution in [-0.4, -0.2) is 29.6 Å². The number of likely N-dealkylation sites (N-methyl/N-ethyl adjacent to an activating group) is 1. The molecule has 0 aliphatic carbocycles. The van der Waals surface area contributed by atoms with E-state index >= 15 is 0 Å². The molecule has 2 aromatic rings. The van der Waals surface area contributed by atoms with Gasteiger partial charge in [0.2, 0.25) is 0 Å². The first-order chi connectivity index (χ1) is 13.0. The van der Waals surface area contributed by atoms with Crippen molar-refractivity contribution >= 4 is 45.2 Å². The van der Waals surface area contributed by atoms with Gasteiger partial charge in [0.05, 0.1) is 7.11 Å². The number of hydrogen-bond acceptors (Lipinski definition) is 4. The van der Waals surface area contributed by atoms with Crippen LogP contribution in [0.3, 0.4) is 0 Å². The number of nitrogens with zero attached hydrogens (tertiary/aromatic N) is 1. The topological polar surface area (TPSA) is 50.8 Å². The minimum atomic E-state index is -0.128. The summed E-state index contributed by atoms with van der Waals surface area (Å²) in [6.07, 6.45) is 1.76. The second-order valence-corrected chi connectivity index (χ2v) is 7.17. The molecule has 3 rings (SSSR count). The summed E-state index contributed by atoms with van der Waals surface area (Å²) in [4.78, 5) is 13.8. The standard InChI is InChI=1S/C20H19BrN2O3S/c1-3-23-19(24)16(22-20(23)27)10-14-6-9-17(18(11-14)25-2)26-12-13-4-7-15(21)8-5-13/h4-11H,3,12H2,1-2H3,(H,22,27)/b16-10-. The zero-order valence-corrected chi connectivity index (χ0v) is 17.4. The van der Waals surface area contributed by atoms with Crippen molar-refractivity contribution in [1.82, 2.24) is 10.2 Å². The quantitative estimate of drug-likeness (QED) is 0.534. The number of thiocarbonyl (C=S) groups is 1. The van der Waals surface area contributed by atoms with Gasteiger partial charge in [0.25, 0.3) is 5.91 Å². The highest BCUT2D eigenvalue weighted by Crippen LogP contribution is 2.30. The molecule has 27 heavy (non-hydrogen) atoms. The van der Waals surface area contributed by atoms with Crippen LogP contribution in [0.25, 0.3) is 6.08 Å². The highest BCUT2D eigenvalue weighted by Gasteiger charge is 2.29. The number of benzene rings is 2. The Morgan fingerprint density at radius 3 is 2.56 bits per heavy atom. The van der Waals surface area contributed by atoms with Crippen LogP contribution in [0.15, 0.2) is 52.6 Å². The first-order valence-corrected chi connectivity index (χ1v) is 9.61. The number of rotatable bonds is 6. The Morgan fingerprint density at radius 2 is 1.93 bits per heavy atom. The molecular weight excluding hydrogens is 428 g/mol. The molecule has 0 saturated carbocycles. The number of carbonyl (C=O) groups excluding carboxylic acids is 1.